The van der Waals surface area contributed by atoms with E-state index in [0.29, 0.717) is 0 Å². The number of H-pyrrole nitrogens is 1. The molecule has 1 heterocycles. The van der Waals surface area contributed by atoms with Crippen molar-refractivity contribution >= 4 is 21.4 Å². The molecule has 1 amide bonds. The number of nitrogens with one attached hydrogen (secondary N) is 2. The molecule has 2 aromatic rings. The van der Waals surface area contributed by atoms with E-state index in [1.807, 2.05) is 0 Å². The maximum Gasteiger partial charge on any atom is 0.271 e. The number of carbonyl (C=O) groups excluding carboxylic acids is 1. The molecule has 0 fully saturated rings. The zero-order chi connectivity index (χ0) is 16.3. The van der Waals surface area contributed by atoms with Gasteiger partial charge in [-0.05, 0) is 38.1 Å². The monoisotopic (exact) mass is 320 g/mol. The summed E-state index contributed by atoms with van der Waals surface area (Å²) in [5.74, 6) is -0.642. The number of pyridine rings is 1. The first-order chi connectivity index (χ1) is 10.3. The predicted octanol–water partition coefficient (Wildman–Crippen LogP) is 1.81. The SMILES string of the molecule is CC(C)S(=O)(=O)c1ccccc1C(=O)Nc1ccc[nH]c1=O. The zero-order valence-electron chi connectivity index (χ0n) is 12.2. The van der Waals surface area contributed by atoms with Gasteiger partial charge in [-0.15, -0.1) is 0 Å². The van der Waals surface area contributed by atoms with Crippen LogP contribution < -0.4 is 10.9 Å². The van der Waals surface area contributed by atoms with Crippen LogP contribution >= 0.6 is 0 Å². The molecule has 0 aliphatic heterocycles. The number of amides is 1. The van der Waals surface area contributed by atoms with E-state index in [0.717, 1.165) is 0 Å². The molecule has 0 aliphatic carbocycles. The number of hydrogen-bond acceptors (Lipinski definition) is 4. The number of aromatic nitrogens is 1. The fourth-order valence-electron chi connectivity index (χ4n) is 1.87. The summed E-state index contributed by atoms with van der Waals surface area (Å²) in [5.41, 5.74) is -0.385. The van der Waals surface area contributed by atoms with Gasteiger partial charge in [0.15, 0.2) is 9.84 Å². The third-order valence-corrected chi connectivity index (χ3v) is 5.34. The molecular formula is C15H16N2O4S. The van der Waals surface area contributed by atoms with Crippen LogP contribution in [0.4, 0.5) is 5.69 Å². The molecule has 1 aromatic heterocycles. The molecule has 0 saturated carbocycles. The minimum atomic E-state index is -3.60. The van der Waals surface area contributed by atoms with E-state index in [9.17, 15) is 18.0 Å². The van der Waals surface area contributed by atoms with Crippen molar-refractivity contribution in [3.05, 3.63) is 58.5 Å². The highest BCUT2D eigenvalue weighted by atomic mass is 32.2. The first-order valence-electron chi connectivity index (χ1n) is 6.66. The number of carbonyl (C=O) groups is 1. The Labute approximate surface area is 128 Å². The Balaban J connectivity index is 2.44. The van der Waals surface area contributed by atoms with Crippen LogP contribution in [0.3, 0.4) is 0 Å². The molecule has 0 saturated heterocycles. The van der Waals surface area contributed by atoms with Crippen LogP contribution in [0.5, 0.6) is 0 Å². The molecule has 2 rings (SSSR count). The van der Waals surface area contributed by atoms with Gasteiger partial charge in [0.1, 0.15) is 5.69 Å². The number of aromatic amines is 1. The second-order valence-electron chi connectivity index (χ2n) is 4.96. The molecule has 0 aliphatic rings. The van der Waals surface area contributed by atoms with Gasteiger partial charge in [-0.1, -0.05) is 12.1 Å². The Morgan fingerprint density at radius 1 is 1.14 bits per heavy atom. The van der Waals surface area contributed by atoms with Crippen molar-refractivity contribution in [2.75, 3.05) is 5.32 Å². The summed E-state index contributed by atoms with van der Waals surface area (Å²) in [4.78, 5) is 26.3. The average molecular weight is 320 g/mol. The molecule has 0 spiro atoms. The van der Waals surface area contributed by atoms with Crippen molar-refractivity contribution < 1.29 is 13.2 Å². The van der Waals surface area contributed by atoms with Gasteiger partial charge in [-0.2, -0.15) is 0 Å². The zero-order valence-corrected chi connectivity index (χ0v) is 13.0. The number of hydrogen-bond donors (Lipinski definition) is 2. The van der Waals surface area contributed by atoms with E-state index in [2.05, 4.69) is 10.3 Å². The van der Waals surface area contributed by atoms with Gasteiger partial charge in [0, 0.05) is 6.20 Å². The Bertz CT molecular complexity index is 854. The Kier molecular flexibility index (Phi) is 4.46. The highest BCUT2D eigenvalue weighted by Crippen LogP contribution is 2.21. The molecule has 0 unspecified atom stereocenters. The lowest BCUT2D eigenvalue weighted by Crippen LogP contribution is -2.23. The Morgan fingerprint density at radius 3 is 2.45 bits per heavy atom. The standard InChI is InChI=1S/C15H16N2O4S/c1-10(2)22(20,21)13-8-4-3-6-11(13)14(18)17-12-7-5-9-16-15(12)19/h3-10H,1-2H3,(H,16,19)(H,17,18). The van der Waals surface area contributed by atoms with Crippen LogP contribution in [0.2, 0.25) is 0 Å². The smallest absolute Gasteiger partial charge is 0.271 e. The molecular weight excluding hydrogens is 304 g/mol. The number of anilines is 1. The van der Waals surface area contributed by atoms with E-state index < -0.39 is 26.6 Å². The van der Waals surface area contributed by atoms with E-state index in [1.165, 1.54) is 24.4 Å². The van der Waals surface area contributed by atoms with E-state index in [1.54, 1.807) is 32.0 Å². The van der Waals surface area contributed by atoms with E-state index in [-0.39, 0.29) is 16.1 Å². The van der Waals surface area contributed by atoms with Gasteiger partial charge in [0.05, 0.1) is 15.7 Å². The number of benzene rings is 1. The van der Waals surface area contributed by atoms with Gasteiger partial charge in [0.25, 0.3) is 11.5 Å². The van der Waals surface area contributed by atoms with Crippen molar-refractivity contribution in [3.63, 3.8) is 0 Å². The lowest BCUT2D eigenvalue weighted by molar-refractivity contribution is 0.102. The minimum absolute atomic E-state index is 0.0134. The largest absolute Gasteiger partial charge is 0.327 e. The molecule has 116 valence electrons. The maximum atomic E-state index is 12.3. The van der Waals surface area contributed by atoms with Crippen LogP contribution in [0.15, 0.2) is 52.3 Å². The van der Waals surface area contributed by atoms with Crippen LogP contribution in [-0.4, -0.2) is 24.6 Å². The maximum absolute atomic E-state index is 12.3. The van der Waals surface area contributed by atoms with Crippen molar-refractivity contribution in [2.24, 2.45) is 0 Å². The molecule has 0 atom stereocenters. The molecule has 2 N–H and O–H groups in total. The van der Waals surface area contributed by atoms with Crippen molar-refractivity contribution in [2.45, 2.75) is 24.0 Å². The highest BCUT2D eigenvalue weighted by Gasteiger charge is 2.25. The second kappa shape index (κ2) is 6.15. The summed E-state index contributed by atoms with van der Waals surface area (Å²) in [7, 11) is -3.60. The van der Waals surface area contributed by atoms with Gasteiger partial charge >= 0.3 is 0 Å². The predicted molar refractivity (Wildman–Crippen MR) is 83.8 cm³/mol. The first kappa shape index (κ1) is 16.0. The molecule has 0 radical (unpaired) electrons. The van der Waals surface area contributed by atoms with Crippen molar-refractivity contribution in [1.29, 1.82) is 0 Å². The van der Waals surface area contributed by atoms with Crippen molar-refractivity contribution in [1.82, 2.24) is 4.98 Å². The summed E-state index contributed by atoms with van der Waals surface area (Å²) in [6.07, 6.45) is 1.44. The molecule has 22 heavy (non-hydrogen) atoms. The first-order valence-corrected chi connectivity index (χ1v) is 8.20. The Hall–Kier alpha value is -2.41. The quantitative estimate of drug-likeness (QED) is 0.898. The second-order valence-corrected chi connectivity index (χ2v) is 7.43. The lowest BCUT2D eigenvalue weighted by Gasteiger charge is -2.12. The highest BCUT2D eigenvalue weighted by molar-refractivity contribution is 7.92. The van der Waals surface area contributed by atoms with Gasteiger partial charge in [-0.3, -0.25) is 9.59 Å². The minimum Gasteiger partial charge on any atom is -0.327 e. The summed E-state index contributed by atoms with van der Waals surface area (Å²) < 4.78 is 24.7. The third kappa shape index (κ3) is 3.09. The summed E-state index contributed by atoms with van der Waals surface area (Å²) >= 11 is 0. The lowest BCUT2D eigenvalue weighted by atomic mass is 10.2. The van der Waals surface area contributed by atoms with Gasteiger partial charge in [0.2, 0.25) is 0 Å². The third-order valence-electron chi connectivity index (χ3n) is 3.13. The normalized spacial score (nSPS) is 11.4. The van der Waals surface area contributed by atoms with E-state index >= 15 is 0 Å². The van der Waals surface area contributed by atoms with Gasteiger partial charge in [-0.25, -0.2) is 8.42 Å². The summed E-state index contributed by atoms with van der Waals surface area (Å²) in [5, 5.41) is 1.78. The Morgan fingerprint density at radius 2 is 1.82 bits per heavy atom. The van der Waals surface area contributed by atoms with Crippen molar-refractivity contribution in [3.8, 4) is 0 Å². The van der Waals surface area contributed by atoms with Crippen LogP contribution in [-0.2, 0) is 9.84 Å². The molecule has 0 bridgehead atoms. The fraction of sp³-hybridized carbons (Fsp3) is 0.200. The molecule has 6 nitrogen and oxygen atoms in total. The van der Waals surface area contributed by atoms with Crippen LogP contribution in [0.1, 0.15) is 24.2 Å². The van der Waals surface area contributed by atoms with Crippen LogP contribution in [0, 0.1) is 0 Å². The fourth-order valence-corrected chi connectivity index (χ4v) is 3.11. The molecule has 1 aromatic carbocycles. The number of sulfone groups is 1. The summed E-state index contributed by atoms with van der Waals surface area (Å²) in [6, 6.07) is 8.94. The van der Waals surface area contributed by atoms with Gasteiger partial charge < -0.3 is 10.3 Å². The number of rotatable bonds is 4. The summed E-state index contributed by atoms with van der Waals surface area (Å²) in [6.45, 7) is 3.10. The van der Waals surface area contributed by atoms with Crippen LogP contribution in [0.25, 0.3) is 0 Å². The average Bonchev–Trinajstić information content (AvgIpc) is 2.49. The molecule has 7 heteroatoms. The topological polar surface area (TPSA) is 96.1 Å². The van der Waals surface area contributed by atoms with E-state index in [4.69, 9.17) is 0 Å².